The number of benzene rings is 1. The lowest BCUT2D eigenvalue weighted by Gasteiger charge is -2.00. The van der Waals surface area contributed by atoms with Crippen LogP contribution in [-0.4, -0.2) is 11.0 Å². The number of nitrogen functional groups attached to an aromatic ring is 1. The highest BCUT2D eigenvalue weighted by Gasteiger charge is 2.08. The van der Waals surface area contributed by atoms with E-state index in [9.17, 15) is 4.79 Å². The van der Waals surface area contributed by atoms with Crippen molar-refractivity contribution in [2.24, 2.45) is 0 Å². The largest absolute Gasteiger partial charge is 0.424 e. The molecule has 0 spiro atoms. The van der Waals surface area contributed by atoms with E-state index < -0.39 is 0 Å². The standard InChI is InChI=1S/C10H10N2O2/c1-6(13)14-9-5-12-8-4-2-3-7(11)10(8)9/h2-5,12H,11H2,1H3. The third kappa shape index (κ3) is 1.31. The highest BCUT2D eigenvalue weighted by molar-refractivity contribution is 5.97. The van der Waals surface area contributed by atoms with Gasteiger partial charge in [0.25, 0.3) is 0 Å². The van der Waals surface area contributed by atoms with E-state index in [0.717, 1.165) is 10.9 Å². The number of H-pyrrole nitrogens is 1. The van der Waals surface area contributed by atoms with Gasteiger partial charge in [-0.05, 0) is 12.1 Å². The molecule has 72 valence electrons. The molecule has 1 heterocycles. The fraction of sp³-hybridized carbons (Fsp3) is 0.100. The molecule has 0 aliphatic heterocycles. The Hall–Kier alpha value is -1.97. The van der Waals surface area contributed by atoms with Gasteiger partial charge in [-0.3, -0.25) is 4.79 Å². The van der Waals surface area contributed by atoms with Gasteiger partial charge in [-0.15, -0.1) is 0 Å². The Morgan fingerprint density at radius 3 is 3.00 bits per heavy atom. The Balaban J connectivity index is 2.61. The number of ether oxygens (including phenoxy) is 1. The van der Waals surface area contributed by atoms with Crippen molar-refractivity contribution in [3.05, 3.63) is 24.4 Å². The van der Waals surface area contributed by atoms with Crippen molar-refractivity contribution in [1.29, 1.82) is 0 Å². The molecule has 2 rings (SSSR count). The van der Waals surface area contributed by atoms with Gasteiger partial charge in [-0.2, -0.15) is 0 Å². The van der Waals surface area contributed by atoms with Crippen molar-refractivity contribution < 1.29 is 9.53 Å². The number of hydrogen-bond donors (Lipinski definition) is 2. The molecule has 0 amide bonds. The Bertz CT molecular complexity index is 488. The van der Waals surface area contributed by atoms with Gasteiger partial charge in [0.2, 0.25) is 0 Å². The van der Waals surface area contributed by atoms with Crippen LogP contribution < -0.4 is 10.5 Å². The number of rotatable bonds is 1. The summed E-state index contributed by atoms with van der Waals surface area (Å²) in [6.07, 6.45) is 1.63. The molecule has 0 aliphatic carbocycles. The summed E-state index contributed by atoms with van der Waals surface area (Å²) in [7, 11) is 0. The van der Waals surface area contributed by atoms with Gasteiger partial charge in [0.15, 0.2) is 5.75 Å². The van der Waals surface area contributed by atoms with Gasteiger partial charge in [0.1, 0.15) is 0 Å². The maximum absolute atomic E-state index is 10.8. The monoisotopic (exact) mass is 190 g/mol. The fourth-order valence-electron chi connectivity index (χ4n) is 1.42. The number of fused-ring (bicyclic) bond motifs is 1. The van der Waals surface area contributed by atoms with E-state index in [1.807, 2.05) is 12.1 Å². The Labute approximate surface area is 80.7 Å². The Kier molecular flexibility index (Phi) is 1.89. The van der Waals surface area contributed by atoms with E-state index in [1.54, 1.807) is 12.3 Å². The zero-order valence-corrected chi connectivity index (χ0v) is 7.70. The smallest absolute Gasteiger partial charge is 0.308 e. The van der Waals surface area contributed by atoms with Crippen molar-refractivity contribution in [1.82, 2.24) is 4.98 Å². The topological polar surface area (TPSA) is 68.1 Å². The van der Waals surface area contributed by atoms with Crippen LogP contribution in [0.2, 0.25) is 0 Å². The van der Waals surface area contributed by atoms with Crippen LogP contribution in [0.3, 0.4) is 0 Å². The van der Waals surface area contributed by atoms with Crippen molar-refractivity contribution in [2.75, 3.05) is 5.73 Å². The Morgan fingerprint density at radius 2 is 2.29 bits per heavy atom. The predicted octanol–water partition coefficient (Wildman–Crippen LogP) is 1.68. The predicted molar refractivity (Wildman–Crippen MR) is 54.0 cm³/mol. The van der Waals surface area contributed by atoms with Gasteiger partial charge in [0, 0.05) is 18.8 Å². The van der Waals surface area contributed by atoms with Crippen LogP contribution in [0.25, 0.3) is 10.9 Å². The Morgan fingerprint density at radius 1 is 1.50 bits per heavy atom. The van der Waals surface area contributed by atoms with Crippen LogP contribution in [0.15, 0.2) is 24.4 Å². The molecule has 4 heteroatoms. The van der Waals surface area contributed by atoms with Crippen LogP contribution >= 0.6 is 0 Å². The van der Waals surface area contributed by atoms with Crippen LogP contribution in [-0.2, 0) is 4.79 Å². The zero-order chi connectivity index (χ0) is 10.1. The fourth-order valence-corrected chi connectivity index (χ4v) is 1.42. The lowest BCUT2D eigenvalue weighted by Crippen LogP contribution is -2.01. The number of nitrogens with two attached hydrogens (primary N) is 1. The molecule has 14 heavy (non-hydrogen) atoms. The number of nitrogens with one attached hydrogen (secondary N) is 1. The van der Waals surface area contributed by atoms with Crippen LogP contribution in [0.1, 0.15) is 6.92 Å². The first kappa shape index (κ1) is 8.62. The van der Waals surface area contributed by atoms with Crippen molar-refractivity contribution in [3.8, 4) is 5.75 Å². The molecular weight excluding hydrogens is 180 g/mol. The number of carbonyl (C=O) groups is 1. The summed E-state index contributed by atoms with van der Waals surface area (Å²) in [6, 6.07) is 5.48. The van der Waals surface area contributed by atoms with E-state index >= 15 is 0 Å². The first-order valence-electron chi connectivity index (χ1n) is 4.22. The van der Waals surface area contributed by atoms with Crippen molar-refractivity contribution in [3.63, 3.8) is 0 Å². The van der Waals surface area contributed by atoms with Gasteiger partial charge in [-0.25, -0.2) is 0 Å². The second-order valence-electron chi connectivity index (χ2n) is 3.02. The lowest BCUT2D eigenvalue weighted by molar-refractivity contribution is -0.131. The average molecular weight is 190 g/mol. The second-order valence-corrected chi connectivity index (χ2v) is 3.02. The highest BCUT2D eigenvalue weighted by atomic mass is 16.5. The minimum absolute atomic E-state index is 0.353. The molecular formula is C10H10N2O2. The summed E-state index contributed by atoms with van der Waals surface area (Å²) < 4.78 is 5.00. The molecule has 3 N–H and O–H groups in total. The SMILES string of the molecule is CC(=O)Oc1c[nH]c2cccc(N)c12. The van der Waals surface area contributed by atoms with Gasteiger partial charge in [0.05, 0.1) is 10.9 Å². The maximum Gasteiger partial charge on any atom is 0.308 e. The summed E-state index contributed by atoms with van der Waals surface area (Å²) >= 11 is 0. The number of aromatic nitrogens is 1. The molecule has 0 radical (unpaired) electrons. The molecule has 0 bridgehead atoms. The molecule has 0 aliphatic rings. The zero-order valence-electron chi connectivity index (χ0n) is 7.70. The first-order chi connectivity index (χ1) is 6.68. The molecule has 2 aromatic rings. The van der Waals surface area contributed by atoms with E-state index in [1.165, 1.54) is 6.92 Å². The van der Waals surface area contributed by atoms with E-state index in [-0.39, 0.29) is 5.97 Å². The number of anilines is 1. The van der Waals surface area contributed by atoms with Gasteiger partial charge >= 0.3 is 5.97 Å². The number of aromatic amines is 1. The maximum atomic E-state index is 10.8. The molecule has 0 fully saturated rings. The van der Waals surface area contributed by atoms with Gasteiger partial charge in [-0.1, -0.05) is 6.07 Å². The molecule has 1 aromatic heterocycles. The van der Waals surface area contributed by atoms with E-state index in [2.05, 4.69) is 4.98 Å². The van der Waals surface area contributed by atoms with Crippen LogP contribution in [0.5, 0.6) is 5.75 Å². The number of hydrogen-bond acceptors (Lipinski definition) is 3. The molecule has 0 saturated carbocycles. The third-order valence-electron chi connectivity index (χ3n) is 1.96. The van der Waals surface area contributed by atoms with Crippen LogP contribution in [0, 0.1) is 0 Å². The molecule has 0 saturated heterocycles. The quantitative estimate of drug-likeness (QED) is 0.531. The van der Waals surface area contributed by atoms with Crippen molar-refractivity contribution in [2.45, 2.75) is 6.92 Å². The summed E-state index contributed by atoms with van der Waals surface area (Å²) in [5, 5.41) is 0.753. The van der Waals surface area contributed by atoms with Crippen molar-refractivity contribution >= 4 is 22.6 Å². The lowest BCUT2D eigenvalue weighted by atomic mass is 10.2. The molecule has 0 atom stereocenters. The van der Waals surface area contributed by atoms with E-state index in [4.69, 9.17) is 10.5 Å². The summed E-state index contributed by atoms with van der Waals surface area (Å²) in [5.74, 6) is 0.125. The number of carbonyl (C=O) groups excluding carboxylic acids is 1. The summed E-state index contributed by atoms with van der Waals surface area (Å²) in [4.78, 5) is 13.8. The minimum Gasteiger partial charge on any atom is -0.424 e. The molecule has 0 unspecified atom stereocenters. The molecule has 1 aromatic carbocycles. The highest BCUT2D eigenvalue weighted by Crippen LogP contribution is 2.30. The molecule has 4 nitrogen and oxygen atoms in total. The third-order valence-corrected chi connectivity index (χ3v) is 1.96. The second kappa shape index (κ2) is 3.06. The summed E-state index contributed by atoms with van der Waals surface area (Å²) in [6.45, 7) is 1.36. The number of esters is 1. The van der Waals surface area contributed by atoms with E-state index in [0.29, 0.717) is 11.4 Å². The van der Waals surface area contributed by atoms with Gasteiger partial charge < -0.3 is 15.5 Å². The normalized spacial score (nSPS) is 10.4. The van der Waals surface area contributed by atoms with Crippen LogP contribution in [0.4, 0.5) is 5.69 Å². The minimum atomic E-state index is -0.353. The summed E-state index contributed by atoms with van der Waals surface area (Å²) in [5.41, 5.74) is 7.23. The average Bonchev–Trinajstić information content (AvgIpc) is 2.49. The first-order valence-corrected chi connectivity index (χ1v) is 4.22.